The molecule has 1 amide bonds. The number of benzene rings is 2. The summed E-state index contributed by atoms with van der Waals surface area (Å²) in [5.74, 6) is -0.489. The summed E-state index contributed by atoms with van der Waals surface area (Å²) < 4.78 is 7.52. The normalized spacial score (nSPS) is 15.0. The lowest BCUT2D eigenvalue weighted by Crippen LogP contribution is -2.27. The summed E-state index contributed by atoms with van der Waals surface area (Å²) in [6.45, 7) is 5.91. The highest BCUT2D eigenvalue weighted by Gasteiger charge is 2.33. The molecule has 2 aromatic carbocycles. The van der Waals surface area contributed by atoms with Crippen molar-refractivity contribution in [1.82, 2.24) is 4.57 Å². The molecule has 7 heteroatoms. The van der Waals surface area contributed by atoms with Crippen LogP contribution in [0.15, 0.2) is 59.5 Å². The number of aromatic nitrogens is 1. The number of nitrogens with zero attached hydrogens (tertiary/aromatic N) is 2. The van der Waals surface area contributed by atoms with Gasteiger partial charge in [0.2, 0.25) is 0 Å². The van der Waals surface area contributed by atoms with Crippen LogP contribution in [0.3, 0.4) is 0 Å². The third kappa shape index (κ3) is 3.78. The second-order valence-electron chi connectivity index (χ2n) is 7.46. The fourth-order valence-electron chi connectivity index (χ4n) is 3.91. The Morgan fingerprint density at radius 1 is 1.06 bits per heavy atom. The van der Waals surface area contributed by atoms with Crippen molar-refractivity contribution in [3.8, 4) is 5.69 Å². The Bertz CT molecular complexity index is 1280. The van der Waals surface area contributed by atoms with Gasteiger partial charge in [-0.3, -0.25) is 9.69 Å². The molecule has 1 aromatic heterocycles. The van der Waals surface area contributed by atoms with E-state index in [0.717, 1.165) is 33.9 Å². The maximum atomic E-state index is 13.1. The number of hydrogen-bond donors (Lipinski definition) is 0. The average molecular weight is 463 g/mol. The highest BCUT2D eigenvalue weighted by Crippen LogP contribution is 2.37. The molecule has 1 fully saturated rings. The van der Waals surface area contributed by atoms with Crippen molar-refractivity contribution in [2.75, 3.05) is 12.0 Å². The van der Waals surface area contributed by atoms with Gasteiger partial charge in [-0.2, -0.15) is 0 Å². The zero-order valence-corrected chi connectivity index (χ0v) is 19.8. The molecule has 2 heterocycles. The van der Waals surface area contributed by atoms with Crippen LogP contribution >= 0.6 is 24.0 Å². The monoisotopic (exact) mass is 462 g/mol. The topological polar surface area (TPSA) is 51.5 Å². The molecule has 0 spiro atoms. The summed E-state index contributed by atoms with van der Waals surface area (Å²) in [7, 11) is 1.38. The van der Waals surface area contributed by atoms with Crippen LogP contribution in [0, 0.1) is 20.8 Å². The summed E-state index contributed by atoms with van der Waals surface area (Å²) in [4.78, 5) is 27.4. The predicted octanol–water partition coefficient (Wildman–Crippen LogP) is 5.59. The van der Waals surface area contributed by atoms with Gasteiger partial charge in [0.25, 0.3) is 5.91 Å². The number of methoxy groups -OCH3 is 1. The van der Waals surface area contributed by atoms with Crippen LogP contribution in [0.1, 0.15) is 32.9 Å². The first-order chi connectivity index (χ1) is 15.3. The number of amides is 1. The number of thioether (sulfide) groups is 1. The molecule has 4 rings (SSSR count). The van der Waals surface area contributed by atoms with E-state index in [1.54, 1.807) is 11.0 Å². The Balaban J connectivity index is 1.74. The zero-order valence-electron chi connectivity index (χ0n) is 18.2. The van der Waals surface area contributed by atoms with E-state index >= 15 is 0 Å². The lowest BCUT2D eigenvalue weighted by molar-refractivity contribution is -0.113. The van der Waals surface area contributed by atoms with Crippen molar-refractivity contribution in [1.29, 1.82) is 0 Å². The van der Waals surface area contributed by atoms with Crippen LogP contribution < -0.4 is 4.90 Å². The van der Waals surface area contributed by atoms with E-state index in [9.17, 15) is 9.59 Å². The fraction of sp³-hybridized carbons (Fsp3) is 0.160. The van der Waals surface area contributed by atoms with Crippen LogP contribution in [-0.4, -0.2) is 27.9 Å². The van der Waals surface area contributed by atoms with Crippen molar-refractivity contribution in [3.63, 3.8) is 0 Å². The van der Waals surface area contributed by atoms with Gasteiger partial charge in [0, 0.05) is 17.1 Å². The van der Waals surface area contributed by atoms with Crippen molar-refractivity contribution < 1.29 is 14.3 Å². The third-order valence-corrected chi connectivity index (χ3v) is 6.82. The van der Waals surface area contributed by atoms with Gasteiger partial charge in [0.1, 0.15) is 0 Å². The van der Waals surface area contributed by atoms with Crippen molar-refractivity contribution in [2.45, 2.75) is 20.8 Å². The minimum atomic E-state index is -0.364. The number of para-hydroxylation sites is 1. The molecular formula is C25H22N2O3S2. The van der Waals surface area contributed by atoms with Crippen LogP contribution in [0.5, 0.6) is 0 Å². The molecule has 0 bridgehead atoms. The molecule has 0 radical (unpaired) electrons. The van der Waals surface area contributed by atoms with E-state index in [0.29, 0.717) is 14.8 Å². The number of esters is 1. The van der Waals surface area contributed by atoms with E-state index in [2.05, 4.69) is 4.57 Å². The lowest BCUT2D eigenvalue weighted by atomic mass is 10.1. The highest BCUT2D eigenvalue weighted by molar-refractivity contribution is 8.27. The van der Waals surface area contributed by atoms with Crippen LogP contribution in [0.4, 0.5) is 5.69 Å². The first kappa shape index (κ1) is 22.0. The predicted molar refractivity (Wildman–Crippen MR) is 133 cm³/mol. The number of ether oxygens (including phenoxy) is 1. The first-order valence-corrected chi connectivity index (χ1v) is 11.3. The van der Waals surface area contributed by atoms with E-state index in [4.69, 9.17) is 17.0 Å². The van der Waals surface area contributed by atoms with E-state index in [1.807, 2.05) is 75.4 Å². The maximum absolute atomic E-state index is 13.1. The third-order valence-electron chi connectivity index (χ3n) is 5.52. The van der Waals surface area contributed by atoms with Crippen LogP contribution in [0.25, 0.3) is 11.8 Å². The van der Waals surface area contributed by atoms with Crippen LogP contribution in [-0.2, 0) is 9.53 Å². The zero-order chi connectivity index (χ0) is 23.0. The van der Waals surface area contributed by atoms with E-state index in [1.165, 1.54) is 18.9 Å². The number of rotatable bonds is 4. The highest BCUT2D eigenvalue weighted by atomic mass is 32.2. The minimum Gasteiger partial charge on any atom is -0.465 e. The summed E-state index contributed by atoms with van der Waals surface area (Å²) >= 11 is 6.78. The maximum Gasteiger partial charge on any atom is 0.338 e. The Kier molecular flexibility index (Phi) is 6.04. The van der Waals surface area contributed by atoms with Gasteiger partial charge in [0.05, 0.1) is 23.3 Å². The van der Waals surface area contributed by atoms with Gasteiger partial charge in [-0.05, 0) is 68.3 Å². The molecule has 0 saturated carbocycles. The van der Waals surface area contributed by atoms with E-state index < -0.39 is 0 Å². The number of hydrogen-bond acceptors (Lipinski definition) is 5. The summed E-state index contributed by atoms with van der Waals surface area (Å²) in [6.07, 6.45) is 1.89. The van der Waals surface area contributed by atoms with Gasteiger partial charge in [-0.1, -0.05) is 48.2 Å². The van der Waals surface area contributed by atoms with Gasteiger partial charge in [0.15, 0.2) is 4.32 Å². The molecule has 32 heavy (non-hydrogen) atoms. The smallest absolute Gasteiger partial charge is 0.338 e. The molecule has 0 unspecified atom stereocenters. The molecule has 1 aliphatic rings. The quantitative estimate of drug-likeness (QED) is 0.287. The first-order valence-electron chi connectivity index (χ1n) is 10.0. The Morgan fingerprint density at radius 2 is 1.78 bits per heavy atom. The Morgan fingerprint density at radius 3 is 2.47 bits per heavy atom. The average Bonchev–Trinajstić information content (AvgIpc) is 3.22. The molecule has 5 nitrogen and oxygen atoms in total. The second-order valence-corrected chi connectivity index (χ2v) is 9.13. The molecular weight excluding hydrogens is 440 g/mol. The summed E-state index contributed by atoms with van der Waals surface area (Å²) in [6, 6.07) is 17.0. The number of carbonyl (C=O) groups excluding carboxylic acids is 2. The SMILES string of the molecule is COC(=O)c1cccc(-n2c(C)cc(/C=C3/SC(=S)N(c4ccccc4)C3=O)c2C)c1C. The summed E-state index contributed by atoms with van der Waals surface area (Å²) in [5, 5.41) is 0. The van der Waals surface area contributed by atoms with E-state index in [-0.39, 0.29) is 11.9 Å². The molecule has 1 saturated heterocycles. The molecule has 0 N–H and O–H groups in total. The van der Waals surface area contributed by atoms with Gasteiger partial charge in [-0.25, -0.2) is 4.79 Å². The van der Waals surface area contributed by atoms with Gasteiger partial charge < -0.3 is 9.30 Å². The second kappa shape index (κ2) is 8.76. The number of aryl methyl sites for hydroxylation is 1. The Hall–Kier alpha value is -3.16. The molecule has 0 atom stereocenters. The summed E-state index contributed by atoms with van der Waals surface area (Å²) in [5.41, 5.74) is 5.93. The fourth-order valence-corrected chi connectivity index (χ4v) is 5.20. The molecule has 3 aromatic rings. The van der Waals surface area contributed by atoms with Gasteiger partial charge in [-0.15, -0.1) is 0 Å². The lowest BCUT2D eigenvalue weighted by Gasteiger charge is -2.15. The van der Waals surface area contributed by atoms with Crippen LogP contribution in [0.2, 0.25) is 0 Å². The largest absolute Gasteiger partial charge is 0.465 e. The number of anilines is 1. The number of carbonyl (C=O) groups is 2. The van der Waals surface area contributed by atoms with Gasteiger partial charge >= 0.3 is 5.97 Å². The molecule has 1 aliphatic heterocycles. The Labute approximate surface area is 196 Å². The van der Waals surface area contributed by atoms with Crippen molar-refractivity contribution in [2.24, 2.45) is 0 Å². The number of thiocarbonyl (C=S) groups is 1. The molecule has 162 valence electrons. The van der Waals surface area contributed by atoms with Crippen molar-refractivity contribution >= 4 is 51.9 Å². The van der Waals surface area contributed by atoms with Crippen molar-refractivity contribution in [3.05, 3.63) is 87.6 Å². The minimum absolute atomic E-state index is 0.125. The molecule has 0 aliphatic carbocycles. The standard InChI is InChI=1S/C25H22N2O3S2/c1-15-13-18(14-22-23(28)27(25(31)32-22)19-9-6-5-7-10-19)17(3)26(15)21-12-8-11-20(16(21)2)24(29)30-4/h5-14H,1-4H3/b22-14+.